The first kappa shape index (κ1) is 11.4. The lowest BCUT2D eigenvalue weighted by atomic mass is 10.1. The molecule has 0 aromatic carbocycles. The highest BCUT2D eigenvalue weighted by atomic mass is 32.1. The fraction of sp³-hybridized carbons (Fsp3) is 0. The third-order valence-corrected chi connectivity index (χ3v) is 3.60. The number of rotatable bonds is 1. The Morgan fingerprint density at radius 3 is 2.24 bits per heavy atom. The Morgan fingerprint density at radius 2 is 1.47 bits per heavy atom. The summed E-state index contributed by atoms with van der Waals surface area (Å²) < 4.78 is 0. The molecule has 0 bridgehead atoms. The maximum Gasteiger partial charge on any atom is 0.0771 e. The maximum absolute atomic E-state index is 3.20. The third kappa shape index (κ3) is 2.75. The van der Waals surface area contributed by atoms with Crippen LogP contribution in [-0.2, 0) is 0 Å². The molecule has 2 saturated carbocycles. The van der Waals surface area contributed by atoms with Gasteiger partial charge in [0.1, 0.15) is 0 Å². The summed E-state index contributed by atoms with van der Waals surface area (Å²) in [7, 11) is 0. The summed E-state index contributed by atoms with van der Waals surface area (Å²) in [6.45, 7) is 0. The lowest BCUT2D eigenvalue weighted by Crippen LogP contribution is -1.89. The smallest absolute Gasteiger partial charge is 0.0771 e. The van der Waals surface area contributed by atoms with Gasteiger partial charge < -0.3 is 0 Å². The van der Waals surface area contributed by atoms with Gasteiger partial charge in [0.25, 0.3) is 0 Å². The standard InChI is InChI=1S/C16H10S/c1-2-6-13(5-1)9-10-15-11-12-16(17-15)14-7-3-4-8-14/h1-8,11-12H. The van der Waals surface area contributed by atoms with Crippen molar-refractivity contribution in [2.75, 3.05) is 0 Å². The largest absolute Gasteiger partial charge is 0.131 e. The quantitative estimate of drug-likeness (QED) is 0.654. The van der Waals surface area contributed by atoms with Gasteiger partial charge in [-0.1, -0.05) is 11.8 Å². The predicted octanol–water partition coefficient (Wildman–Crippen LogP) is 3.26. The first-order valence-electron chi connectivity index (χ1n) is 5.47. The molecule has 0 spiro atoms. The number of thiophene rings is 1. The van der Waals surface area contributed by atoms with Crippen LogP contribution in [-0.4, -0.2) is 0 Å². The Labute approximate surface area is 108 Å². The first-order valence-corrected chi connectivity index (χ1v) is 6.29. The summed E-state index contributed by atoms with van der Waals surface area (Å²) in [5.41, 5.74) is 0. The van der Waals surface area contributed by atoms with E-state index in [-0.39, 0.29) is 0 Å². The zero-order chi connectivity index (χ0) is 11.5. The number of hydrogen-bond donors (Lipinski definition) is 0. The minimum atomic E-state index is 1.08. The van der Waals surface area contributed by atoms with Gasteiger partial charge in [-0.3, -0.25) is 0 Å². The highest BCUT2D eigenvalue weighted by Gasteiger charge is 2.20. The van der Waals surface area contributed by atoms with E-state index in [9.17, 15) is 0 Å². The normalized spacial score (nSPS) is 21.6. The average Bonchev–Trinajstić information content (AvgIpc) is 3.09. The van der Waals surface area contributed by atoms with Crippen LogP contribution in [0.3, 0.4) is 0 Å². The molecule has 0 amide bonds. The summed E-state index contributed by atoms with van der Waals surface area (Å²) in [5.74, 6) is 8.71. The molecule has 3 rings (SSSR count). The van der Waals surface area contributed by atoms with Gasteiger partial charge in [-0.15, -0.1) is 11.3 Å². The van der Waals surface area contributed by atoms with Gasteiger partial charge in [-0.2, -0.15) is 0 Å². The molecule has 2 aliphatic rings. The molecule has 80 valence electrons. The molecule has 0 aliphatic heterocycles. The summed E-state index contributed by atoms with van der Waals surface area (Å²) in [6.07, 6.45) is 16.4. The lowest BCUT2D eigenvalue weighted by Gasteiger charge is -2.01. The van der Waals surface area contributed by atoms with Gasteiger partial charge >= 0.3 is 0 Å². The van der Waals surface area contributed by atoms with Crippen molar-refractivity contribution in [2.45, 2.75) is 0 Å². The first-order chi connectivity index (χ1) is 8.42. The second-order valence-corrected chi connectivity index (χ2v) is 4.84. The topological polar surface area (TPSA) is 0 Å². The van der Waals surface area contributed by atoms with Crippen molar-refractivity contribution in [3.05, 3.63) is 85.1 Å². The maximum atomic E-state index is 3.20. The summed E-state index contributed by atoms with van der Waals surface area (Å²) in [4.78, 5) is 2.39. The minimum Gasteiger partial charge on any atom is -0.131 e. The van der Waals surface area contributed by atoms with Crippen molar-refractivity contribution in [3.63, 3.8) is 0 Å². The van der Waals surface area contributed by atoms with Crippen LogP contribution in [0.1, 0.15) is 9.75 Å². The van der Waals surface area contributed by atoms with Crippen molar-refractivity contribution in [1.29, 1.82) is 0 Å². The minimum absolute atomic E-state index is 1.08. The molecule has 0 nitrogen and oxygen atoms in total. The van der Waals surface area contributed by atoms with E-state index < -0.39 is 0 Å². The highest BCUT2D eigenvalue weighted by molar-refractivity contribution is 7.13. The average molecular weight is 234 g/mol. The van der Waals surface area contributed by atoms with Crippen LogP contribution < -0.4 is 0 Å². The Morgan fingerprint density at radius 1 is 0.765 bits per heavy atom. The molecule has 1 heteroatoms. The molecular formula is C16H10S. The second kappa shape index (κ2) is 5.27. The second-order valence-electron chi connectivity index (χ2n) is 3.76. The number of hydrogen-bond acceptors (Lipinski definition) is 1. The molecule has 1 aromatic heterocycles. The van der Waals surface area contributed by atoms with Crippen LogP contribution >= 0.6 is 11.3 Å². The molecular weight excluding hydrogens is 224 g/mol. The van der Waals surface area contributed by atoms with Crippen molar-refractivity contribution in [3.8, 4) is 11.8 Å². The van der Waals surface area contributed by atoms with Crippen LogP contribution in [0, 0.1) is 75.0 Å². The molecule has 1 heterocycles. The van der Waals surface area contributed by atoms with Crippen molar-refractivity contribution >= 4 is 11.3 Å². The molecule has 0 N–H and O–H groups in total. The van der Waals surface area contributed by atoms with Crippen LogP contribution in [0.5, 0.6) is 0 Å². The molecule has 1 aromatic rings. The van der Waals surface area contributed by atoms with Crippen LogP contribution in [0.25, 0.3) is 0 Å². The lowest BCUT2D eigenvalue weighted by molar-refractivity contribution is 1.35. The van der Waals surface area contributed by atoms with E-state index >= 15 is 0 Å². The Balaban J connectivity index is 1.67. The van der Waals surface area contributed by atoms with E-state index in [1.807, 2.05) is 25.7 Å². The van der Waals surface area contributed by atoms with Gasteiger partial charge in [0.15, 0.2) is 0 Å². The molecule has 2 aliphatic carbocycles. The monoisotopic (exact) mass is 234 g/mol. The highest BCUT2D eigenvalue weighted by Crippen LogP contribution is 2.34. The van der Waals surface area contributed by atoms with Gasteiger partial charge in [0, 0.05) is 10.8 Å². The molecule has 10 radical (unpaired) electrons. The fourth-order valence-corrected chi connectivity index (χ4v) is 2.55. The summed E-state index contributed by atoms with van der Waals surface area (Å²) >= 11 is 1.74. The fourth-order valence-electron chi connectivity index (χ4n) is 1.69. The third-order valence-electron chi connectivity index (χ3n) is 2.55. The van der Waals surface area contributed by atoms with Crippen molar-refractivity contribution in [1.82, 2.24) is 0 Å². The molecule has 17 heavy (non-hydrogen) atoms. The summed E-state index contributed by atoms with van der Waals surface area (Å²) in [5, 5.41) is 0. The van der Waals surface area contributed by atoms with E-state index in [1.54, 1.807) is 11.3 Å². The Bertz CT molecular complexity index is 420. The zero-order valence-electron chi connectivity index (χ0n) is 9.18. The van der Waals surface area contributed by atoms with Gasteiger partial charge in [-0.25, -0.2) is 0 Å². The van der Waals surface area contributed by atoms with E-state index in [2.05, 4.69) is 49.7 Å². The van der Waals surface area contributed by atoms with E-state index in [4.69, 9.17) is 0 Å². The van der Waals surface area contributed by atoms with Gasteiger partial charge in [-0.05, 0) is 63.5 Å². The zero-order valence-corrected chi connectivity index (χ0v) is 10.00. The SMILES string of the molecule is C(#Cc1ccc([C]2[CH][CH][CH][CH]2)s1)[C]1[CH][CH][CH][CH]1. The Kier molecular flexibility index (Phi) is 3.52. The molecule has 0 atom stereocenters. The van der Waals surface area contributed by atoms with Crippen LogP contribution in [0.4, 0.5) is 0 Å². The van der Waals surface area contributed by atoms with Crippen LogP contribution in [0.2, 0.25) is 0 Å². The predicted molar refractivity (Wildman–Crippen MR) is 71.2 cm³/mol. The molecule has 0 saturated heterocycles. The van der Waals surface area contributed by atoms with E-state index in [1.165, 1.54) is 10.8 Å². The van der Waals surface area contributed by atoms with Crippen molar-refractivity contribution < 1.29 is 0 Å². The van der Waals surface area contributed by atoms with Crippen LogP contribution in [0.15, 0.2) is 12.1 Å². The van der Waals surface area contributed by atoms with Gasteiger partial charge in [0.05, 0.1) is 10.8 Å². The molecule has 0 unspecified atom stereocenters. The van der Waals surface area contributed by atoms with E-state index in [0.29, 0.717) is 0 Å². The van der Waals surface area contributed by atoms with Gasteiger partial charge in [0.2, 0.25) is 0 Å². The Hall–Kier alpha value is -0.740. The molecule has 2 fully saturated rings. The summed E-state index contributed by atoms with van der Waals surface area (Å²) in [6, 6.07) is 4.22. The van der Waals surface area contributed by atoms with Crippen molar-refractivity contribution in [2.24, 2.45) is 0 Å². The van der Waals surface area contributed by atoms with E-state index in [0.717, 1.165) is 10.8 Å².